The molecule has 0 aliphatic carbocycles. The van der Waals surface area contributed by atoms with Crippen molar-refractivity contribution >= 4 is 28.4 Å². The molecule has 4 aromatic rings. The fourth-order valence-electron chi connectivity index (χ4n) is 4.45. The molecule has 7 heteroatoms. The Morgan fingerprint density at radius 2 is 1.80 bits per heavy atom. The largest absolute Gasteiger partial charge is 0.489 e. The lowest BCUT2D eigenvalue weighted by Gasteiger charge is -2.36. The van der Waals surface area contributed by atoms with Crippen molar-refractivity contribution in [2.45, 2.75) is 26.5 Å². The Labute approximate surface area is 205 Å². The molecule has 0 atom stereocenters. The van der Waals surface area contributed by atoms with Gasteiger partial charge in [0.2, 0.25) is 0 Å². The maximum Gasteiger partial charge on any atom is 0.328 e. The van der Waals surface area contributed by atoms with Gasteiger partial charge in [-0.15, -0.1) is 0 Å². The predicted octanol–water partition coefficient (Wildman–Crippen LogP) is 5.23. The molecule has 0 saturated carbocycles. The molecule has 2 aromatic carbocycles. The normalized spacial score (nSPS) is 13.9. The number of aromatic nitrogens is 2. The average molecular weight is 470 g/mol. The van der Waals surface area contributed by atoms with Gasteiger partial charge in [0.1, 0.15) is 12.4 Å². The van der Waals surface area contributed by atoms with Gasteiger partial charge in [-0.2, -0.15) is 0 Å². The van der Waals surface area contributed by atoms with Crippen LogP contribution in [0.2, 0.25) is 0 Å². The van der Waals surface area contributed by atoms with E-state index < -0.39 is 0 Å². The van der Waals surface area contributed by atoms with Gasteiger partial charge < -0.3 is 19.9 Å². The lowest BCUT2D eigenvalue weighted by molar-refractivity contribution is 0.197. The molecular formula is C28H31N5O2. The van der Waals surface area contributed by atoms with Crippen LogP contribution in [-0.4, -0.2) is 52.7 Å². The summed E-state index contributed by atoms with van der Waals surface area (Å²) in [5, 5.41) is 4.46. The Hall–Kier alpha value is -4.00. The van der Waals surface area contributed by atoms with Crippen LogP contribution in [0.3, 0.4) is 0 Å². The van der Waals surface area contributed by atoms with E-state index >= 15 is 0 Å². The van der Waals surface area contributed by atoms with E-state index in [0.29, 0.717) is 25.7 Å². The van der Waals surface area contributed by atoms with Crippen molar-refractivity contribution in [3.05, 3.63) is 84.7 Å². The number of rotatable bonds is 6. The number of hydrogen-bond donors (Lipinski definition) is 1. The van der Waals surface area contributed by atoms with Crippen LogP contribution >= 0.6 is 0 Å². The van der Waals surface area contributed by atoms with Gasteiger partial charge in [-0.05, 0) is 55.8 Å². The van der Waals surface area contributed by atoms with Crippen molar-refractivity contribution < 1.29 is 9.53 Å². The van der Waals surface area contributed by atoms with Gasteiger partial charge in [-0.25, -0.2) is 9.78 Å². The molecule has 0 bridgehead atoms. The molecule has 35 heavy (non-hydrogen) atoms. The van der Waals surface area contributed by atoms with Crippen LogP contribution in [0.15, 0.2) is 79.1 Å². The second kappa shape index (κ2) is 10.1. The molecule has 7 nitrogen and oxygen atoms in total. The number of benzene rings is 2. The van der Waals surface area contributed by atoms with Crippen molar-refractivity contribution in [1.29, 1.82) is 0 Å². The summed E-state index contributed by atoms with van der Waals surface area (Å²) in [6.45, 7) is 7.53. The lowest BCUT2D eigenvalue weighted by atomic mass is 10.2. The summed E-state index contributed by atoms with van der Waals surface area (Å²) < 4.78 is 7.69. The third-order valence-electron chi connectivity index (χ3n) is 6.20. The Morgan fingerprint density at radius 1 is 1.00 bits per heavy atom. The molecule has 1 aliphatic rings. The zero-order valence-electron chi connectivity index (χ0n) is 20.2. The van der Waals surface area contributed by atoms with E-state index in [4.69, 9.17) is 4.74 Å². The van der Waals surface area contributed by atoms with Crippen LogP contribution in [0.4, 0.5) is 16.3 Å². The topological polar surface area (TPSA) is 62.6 Å². The van der Waals surface area contributed by atoms with E-state index in [2.05, 4.69) is 35.1 Å². The van der Waals surface area contributed by atoms with Crippen molar-refractivity contribution in [1.82, 2.24) is 14.5 Å². The van der Waals surface area contributed by atoms with Crippen molar-refractivity contribution in [3.63, 3.8) is 0 Å². The molecule has 1 aliphatic heterocycles. The van der Waals surface area contributed by atoms with Gasteiger partial charge in [0.25, 0.3) is 0 Å². The number of nitrogens with one attached hydrogen (secondary N) is 1. The number of hydrogen-bond acceptors (Lipinski definition) is 5. The van der Waals surface area contributed by atoms with Crippen LogP contribution in [0, 0.1) is 0 Å². The van der Waals surface area contributed by atoms with E-state index in [0.717, 1.165) is 46.8 Å². The Kier molecular flexibility index (Phi) is 6.57. The first kappa shape index (κ1) is 22.8. The minimum absolute atomic E-state index is 0.000784. The number of nitrogens with zero attached hydrogens (tertiary/aromatic N) is 4. The SMILES string of the molecule is CC(C)Nc1cccnc1N1CCN(C(=O)n2ccc3cc(OCc4ccccc4)ccc32)CC1. The van der Waals surface area contributed by atoms with E-state index in [1.54, 1.807) is 4.57 Å². The van der Waals surface area contributed by atoms with Crippen LogP contribution in [0.5, 0.6) is 5.75 Å². The number of ether oxygens (including phenoxy) is 1. The molecule has 0 spiro atoms. The summed E-state index contributed by atoms with van der Waals surface area (Å²) >= 11 is 0. The molecule has 1 amide bonds. The zero-order chi connectivity index (χ0) is 24.2. The minimum Gasteiger partial charge on any atom is -0.489 e. The van der Waals surface area contributed by atoms with Gasteiger partial charge in [0, 0.05) is 50.0 Å². The number of carbonyl (C=O) groups excluding carboxylic acids is 1. The highest BCUT2D eigenvalue weighted by molar-refractivity contribution is 5.92. The number of pyridine rings is 1. The molecule has 3 heterocycles. The van der Waals surface area contributed by atoms with Crippen molar-refractivity contribution in [2.75, 3.05) is 36.4 Å². The van der Waals surface area contributed by atoms with E-state index in [-0.39, 0.29) is 6.03 Å². The molecule has 0 unspecified atom stereocenters. The Bertz CT molecular complexity index is 1290. The minimum atomic E-state index is -0.000784. The highest BCUT2D eigenvalue weighted by atomic mass is 16.5. The molecule has 1 fully saturated rings. The van der Waals surface area contributed by atoms with Gasteiger partial charge >= 0.3 is 6.03 Å². The summed E-state index contributed by atoms with van der Waals surface area (Å²) in [6.07, 6.45) is 3.67. The third kappa shape index (κ3) is 5.09. The molecule has 5 rings (SSSR count). The number of anilines is 2. The van der Waals surface area contributed by atoms with Gasteiger partial charge in [-0.3, -0.25) is 4.57 Å². The summed E-state index contributed by atoms with van der Waals surface area (Å²) in [6, 6.07) is 22.3. The second-order valence-electron chi connectivity index (χ2n) is 9.11. The molecule has 180 valence electrons. The smallest absolute Gasteiger partial charge is 0.328 e. The first-order valence-corrected chi connectivity index (χ1v) is 12.1. The highest BCUT2D eigenvalue weighted by Crippen LogP contribution is 2.26. The third-order valence-corrected chi connectivity index (χ3v) is 6.20. The predicted molar refractivity (Wildman–Crippen MR) is 140 cm³/mol. The number of fused-ring (bicyclic) bond motifs is 1. The fraction of sp³-hybridized carbons (Fsp3) is 0.286. The van der Waals surface area contributed by atoms with Gasteiger partial charge in [0.15, 0.2) is 5.82 Å². The molecule has 2 aromatic heterocycles. The number of carbonyl (C=O) groups is 1. The Morgan fingerprint density at radius 3 is 2.57 bits per heavy atom. The van der Waals surface area contributed by atoms with Crippen LogP contribution in [0.1, 0.15) is 19.4 Å². The average Bonchev–Trinajstić information content (AvgIpc) is 3.31. The van der Waals surface area contributed by atoms with Crippen LogP contribution < -0.4 is 15.0 Å². The monoisotopic (exact) mass is 469 g/mol. The first-order valence-electron chi connectivity index (χ1n) is 12.1. The van der Waals surface area contributed by atoms with Gasteiger partial charge in [-0.1, -0.05) is 30.3 Å². The van der Waals surface area contributed by atoms with Crippen molar-refractivity contribution in [3.8, 4) is 5.75 Å². The molecular weight excluding hydrogens is 438 g/mol. The maximum atomic E-state index is 13.3. The molecule has 0 radical (unpaired) electrons. The maximum absolute atomic E-state index is 13.3. The highest BCUT2D eigenvalue weighted by Gasteiger charge is 2.25. The van der Waals surface area contributed by atoms with Gasteiger partial charge in [0.05, 0.1) is 11.2 Å². The molecule has 1 N–H and O–H groups in total. The summed E-state index contributed by atoms with van der Waals surface area (Å²) in [5.41, 5.74) is 3.04. The Balaban J connectivity index is 1.24. The summed E-state index contributed by atoms with van der Waals surface area (Å²) in [4.78, 5) is 22.1. The number of amides is 1. The zero-order valence-corrected chi connectivity index (χ0v) is 20.2. The quantitative estimate of drug-likeness (QED) is 0.419. The van der Waals surface area contributed by atoms with Crippen molar-refractivity contribution in [2.24, 2.45) is 0 Å². The lowest BCUT2D eigenvalue weighted by Crippen LogP contribution is -2.50. The second-order valence-corrected chi connectivity index (χ2v) is 9.11. The fourth-order valence-corrected chi connectivity index (χ4v) is 4.45. The summed E-state index contributed by atoms with van der Waals surface area (Å²) in [5.74, 6) is 1.74. The summed E-state index contributed by atoms with van der Waals surface area (Å²) in [7, 11) is 0. The standard InChI is InChI=1S/C28H31N5O2/c1-21(2)30-25-9-6-13-29-27(25)31-15-17-32(18-16-31)28(34)33-14-12-23-19-24(10-11-26(23)33)35-20-22-7-4-3-5-8-22/h3-14,19,21,30H,15-18,20H2,1-2H3. The molecule has 1 saturated heterocycles. The van der Waals surface area contributed by atoms with Crippen LogP contribution in [0.25, 0.3) is 10.9 Å². The van der Waals surface area contributed by atoms with E-state index in [9.17, 15) is 4.79 Å². The van der Waals surface area contributed by atoms with E-state index in [1.165, 1.54) is 0 Å². The van der Waals surface area contributed by atoms with E-state index in [1.807, 2.05) is 78.0 Å². The first-order chi connectivity index (χ1) is 17.1. The van der Waals surface area contributed by atoms with Crippen LogP contribution in [-0.2, 0) is 6.61 Å². The number of piperazine rings is 1.